The second-order valence-electron chi connectivity index (χ2n) is 6.79. The van der Waals surface area contributed by atoms with E-state index < -0.39 is 0 Å². The van der Waals surface area contributed by atoms with Crippen LogP contribution < -0.4 is 0 Å². The Bertz CT molecular complexity index is 921. The second kappa shape index (κ2) is 7.67. The lowest BCUT2D eigenvalue weighted by atomic mass is 10.2. The topological polar surface area (TPSA) is 95.5 Å². The van der Waals surface area contributed by atoms with Gasteiger partial charge in [-0.25, -0.2) is 14.2 Å². The minimum absolute atomic E-state index is 0.163. The van der Waals surface area contributed by atoms with Gasteiger partial charge in [0.1, 0.15) is 6.10 Å². The highest BCUT2D eigenvalue weighted by Crippen LogP contribution is 2.22. The summed E-state index contributed by atoms with van der Waals surface area (Å²) in [5, 5.41) is 16.5. The van der Waals surface area contributed by atoms with E-state index >= 15 is 0 Å². The number of aromatic nitrogens is 7. The highest BCUT2D eigenvalue weighted by atomic mass is 16.5. The third kappa shape index (κ3) is 3.68. The van der Waals surface area contributed by atoms with Crippen LogP contribution in [0.25, 0.3) is 5.65 Å². The summed E-state index contributed by atoms with van der Waals surface area (Å²) in [7, 11) is 1.66. The van der Waals surface area contributed by atoms with E-state index in [4.69, 9.17) is 9.47 Å². The van der Waals surface area contributed by atoms with Gasteiger partial charge in [0.15, 0.2) is 11.5 Å². The van der Waals surface area contributed by atoms with Gasteiger partial charge in [-0.3, -0.25) is 4.90 Å². The van der Waals surface area contributed by atoms with Crippen molar-refractivity contribution in [2.45, 2.75) is 33.0 Å². The highest BCUT2D eigenvalue weighted by Gasteiger charge is 2.27. The number of ether oxygens (including phenoxy) is 2. The number of aryl methyl sites for hydroxylation is 2. The van der Waals surface area contributed by atoms with Crippen molar-refractivity contribution in [2.75, 3.05) is 33.4 Å². The zero-order chi connectivity index (χ0) is 18.8. The number of fused-ring (bicyclic) bond motifs is 1. The van der Waals surface area contributed by atoms with Gasteiger partial charge in [0.25, 0.3) is 0 Å². The highest BCUT2D eigenvalue weighted by molar-refractivity contribution is 5.47. The normalized spacial score (nSPS) is 18.4. The Hall–Kier alpha value is -2.43. The van der Waals surface area contributed by atoms with Crippen molar-refractivity contribution in [2.24, 2.45) is 0 Å². The summed E-state index contributed by atoms with van der Waals surface area (Å²) in [6.07, 6.45) is 1.74. The van der Waals surface area contributed by atoms with Gasteiger partial charge >= 0.3 is 0 Å². The molecule has 0 N–H and O–H groups in total. The quantitative estimate of drug-likeness (QED) is 0.619. The first-order valence-corrected chi connectivity index (χ1v) is 9.05. The first kappa shape index (κ1) is 18.0. The third-order valence-corrected chi connectivity index (χ3v) is 4.75. The summed E-state index contributed by atoms with van der Waals surface area (Å²) in [4.78, 5) is 7.00. The van der Waals surface area contributed by atoms with E-state index in [9.17, 15) is 0 Å². The zero-order valence-corrected chi connectivity index (χ0v) is 15.9. The molecule has 4 rings (SSSR count). The molecule has 0 amide bonds. The van der Waals surface area contributed by atoms with Crippen LogP contribution in [-0.4, -0.2) is 73.1 Å². The number of tetrazole rings is 1. The Labute approximate surface area is 157 Å². The van der Waals surface area contributed by atoms with Gasteiger partial charge < -0.3 is 9.47 Å². The predicted molar refractivity (Wildman–Crippen MR) is 96.1 cm³/mol. The smallest absolute Gasteiger partial charge is 0.181 e. The molecular weight excluding hydrogens is 348 g/mol. The number of hydrogen-bond acceptors (Lipinski definition) is 8. The lowest BCUT2D eigenvalue weighted by Gasteiger charge is -2.31. The molecule has 1 saturated heterocycles. The summed E-state index contributed by atoms with van der Waals surface area (Å²) in [5.74, 6) is 0.737. The van der Waals surface area contributed by atoms with Crippen molar-refractivity contribution in [3.63, 3.8) is 0 Å². The van der Waals surface area contributed by atoms with Crippen LogP contribution in [0.3, 0.4) is 0 Å². The molecule has 0 spiro atoms. The fourth-order valence-corrected chi connectivity index (χ4v) is 3.45. The molecule has 0 aromatic carbocycles. The van der Waals surface area contributed by atoms with Crippen LogP contribution in [0.4, 0.5) is 0 Å². The third-order valence-electron chi connectivity index (χ3n) is 4.75. The van der Waals surface area contributed by atoms with E-state index in [1.165, 1.54) is 0 Å². The monoisotopic (exact) mass is 372 g/mol. The lowest BCUT2D eigenvalue weighted by Crippen LogP contribution is -2.39. The van der Waals surface area contributed by atoms with Crippen molar-refractivity contribution in [1.82, 2.24) is 39.7 Å². The summed E-state index contributed by atoms with van der Waals surface area (Å²) >= 11 is 0. The fourth-order valence-electron chi connectivity index (χ4n) is 3.45. The Morgan fingerprint density at radius 1 is 1.33 bits per heavy atom. The van der Waals surface area contributed by atoms with Gasteiger partial charge in [0, 0.05) is 43.7 Å². The molecular formula is C17H24N8O2. The van der Waals surface area contributed by atoms with Crippen molar-refractivity contribution < 1.29 is 9.47 Å². The van der Waals surface area contributed by atoms with Crippen molar-refractivity contribution in [3.8, 4) is 0 Å². The lowest BCUT2D eigenvalue weighted by molar-refractivity contribution is -0.0395. The van der Waals surface area contributed by atoms with Crippen LogP contribution >= 0.6 is 0 Å². The molecule has 0 radical (unpaired) electrons. The van der Waals surface area contributed by atoms with E-state index in [1.807, 2.05) is 30.6 Å². The molecule has 1 unspecified atom stereocenters. The van der Waals surface area contributed by atoms with E-state index in [2.05, 4.69) is 30.5 Å². The molecule has 4 heterocycles. The van der Waals surface area contributed by atoms with E-state index in [0.717, 1.165) is 48.1 Å². The fraction of sp³-hybridized carbons (Fsp3) is 0.588. The number of nitrogens with zero attached hydrogens (tertiary/aromatic N) is 8. The van der Waals surface area contributed by atoms with Crippen LogP contribution in [0, 0.1) is 13.8 Å². The predicted octanol–water partition coefficient (Wildman–Crippen LogP) is 0.553. The molecule has 0 bridgehead atoms. The molecule has 10 heteroatoms. The maximum Gasteiger partial charge on any atom is 0.181 e. The number of methoxy groups -OCH3 is 1. The first-order chi connectivity index (χ1) is 13.2. The molecule has 1 fully saturated rings. The second-order valence-corrected chi connectivity index (χ2v) is 6.79. The summed E-state index contributed by atoms with van der Waals surface area (Å²) < 4.78 is 14.7. The number of morpholine rings is 1. The Balaban J connectivity index is 1.50. The van der Waals surface area contributed by atoms with Crippen LogP contribution in [0.5, 0.6) is 0 Å². The van der Waals surface area contributed by atoms with Crippen LogP contribution in [0.15, 0.2) is 12.3 Å². The standard InChI is InChI=1S/C17H24N8O2/c1-12-8-13(2)25-16(19-12)14(9-18-25)10-23-4-7-27-15(11-23)17-20-21-22-24(17)5-6-26-3/h8-9,15H,4-7,10-11H2,1-3H3. The number of rotatable bonds is 6. The van der Waals surface area contributed by atoms with Gasteiger partial charge in [-0.15, -0.1) is 5.10 Å². The van der Waals surface area contributed by atoms with E-state index in [1.54, 1.807) is 11.8 Å². The summed E-state index contributed by atoms with van der Waals surface area (Å²) in [6.45, 7) is 8.17. The Morgan fingerprint density at radius 3 is 3.07 bits per heavy atom. The van der Waals surface area contributed by atoms with Crippen molar-refractivity contribution in [1.29, 1.82) is 0 Å². The molecule has 1 atom stereocenters. The first-order valence-electron chi connectivity index (χ1n) is 9.05. The van der Waals surface area contributed by atoms with Crippen LogP contribution in [-0.2, 0) is 22.6 Å². The van der Waals surface area contributed by atoms with Gasteiger partial charge in [0.05, 0.1) is 26.0 Å². The maximum atomic E-state index is 5.94. The SMILES string of the molecule is COCCn1nnnc1C1CN(Cc2cnn3c(C)cc(C)nc23)CCO1. The molecule has 144 valence electrons. The minimum Gasteiger partial charge on any atom is -0.383 e. The molecule has 3 aromatic heterocycles. The van der Waals surface area contributed by atoms with Crippen LogP contribution in [0.1, 0.15) is 28.9 Å². The average molecular weight is 372 g/mol. The van der Waals surface area contributed by atoms with Crippen molar-refractivity contribution >= 4 is 5.65 Å². The molecule has 1 aliphatic heterocycles. The van der Waals surface area contributed by atoms with Gasteiger partial charge in [-0.05, 0) is 30.3 Å². The molecule has 1 aliphatic rings. The van der Waals surface area contributed by atoms with Gasteiger partial charge in [0.2, 0.25) is 0 Å². The van der Waals surface area contributed by atoms with E-state index in [-0.39, 0.29) is 6.10 Å². The maximum absolute atomic E-state index is 5.94. The van der Waals surface area contributed by atoms with E-state index in [0.29, 0.717) is 19.8 Å². The average Bonchev–Trinajstić information content (AvgIpc) is 3.28. The number of hydrogen-bond donors (Lipinski definition) is 0. The molecule has 3 aromatic rings. The largest absolute Gasteiger partial charge is 0.383 e. The van der Waals surface area contributed by atoms with Gasteiger partial charge in [-0.2, -0.15) is 5.10 Å². The van der Waals surface area contributed by atoms with Crippen molar-refractivity contribution in [3.05, 3.63) is 35.0 Å². The summed E-state index contributed by atoms with van der Waals surface area (Å²) in [5.41, 5.74) is 4.11. The minimum atomic E-state index is -0.163. The Kier molecular flexibility index (Phi) is 5.10. The molecule has 0 aliphatic carbocycles. The molecule has 27 heavy (non-hydrogen) atoms. The Morgan fingerprint density at radius 2 is 2.22 bits per heavy atom. The summed E-state index contributed by atoms with van der Waals surface area (Å²) in [6, 6.07) is 2.04. The molecule has 10 nitrogen and oxygen atoms in total. The molecule has 0 saturated carbocycles. The van der Waals surface area contributed by atoms with Crippen LogP contribution in [0.2, 0.25) is 0 Å². The zero-order valence-electron chi connectivity index (χ0n) is 15.9. The van der Waals surface area contributed by atoms with Gasteiger partial charge in [-0.1, -0.05) is 0 Å².